The summed E-state index contributed by atoms with van der Waals surface area (Å²) in [6.07, 6.45) is 0. The summed E-state index contributed by atoms with van der Waals surface area (Å²) in [7, 11) is 0. The van der Waals surface area contributed by atoms with Gasteiger partial charge < -0.3 is 10.7 Å². The molecule has 4 rings (SSSR count). The molecule has 2 N–H and O–H groups in total. The number of fused-ring (bicyclic) bond motifs is 1. The highest BCUT2D eigenvalue weighted by atomic mass is 35.5. The van der Waals surface area contributed by atoms with Crippen LogP contribution in [0.4, 0.5) is 10.1 Å². The van der Waals surface area contributed by atoms with Gasteiger partial charge in [-0.1, -0.05) is 41.6 Å². The van der Waals surface area contributed by atoms with Crippen molar-refractivity contribution in [3.8, 4) is 0 Å². The van der Waals surface area contributed by atoms with Crippen LogP contribution in [0.2, 0.25) is 5.02 Å². The number of rotatable bonds is 3. The van der Waals surface area contributed by atoms with E-state index in [4.69, 9.17) is 11.6 Å². The Kier molecular flexibility index (Phi) is 4.75. The van der Waals surface area contributed by atoms with Gasteiger partial charge in [-0.25, -0.2) is 9.07 Å². The number of amides is 1. The fourth-order valence-electron chi connectivity index (χ4n) is 2.86. The van der Waals surface area contributed by atoms with Crippen LogP contribution in [0.15, 0.2) is 53.7 Å². The summed E-state index contributed by atoms with van der Waals surface area (Å²) in [5.74, 6) is 0.137. The Bertz CT molecular complexity index is 994. The molecule has 6 nitrogen and oxygen atoms in total. The van der Waals surface area contributed by atoms with Gasteiger partial charge in [0.15, 0.2) is 0 Å². The molecule has 3 aromatic rings. The second kappa shape index (κ2) is 7.21. The van der Waals surface area contributed by atoms with Crippen molar-refractivity contribution in [2.24, 2.45) is 0 Å². The maximum Gasteiger partial charge on any atom is 0.240 e. The largest absolute Gasteiger partial charge is 0.325 e. The van der Waals surface area contributed by atoms with Crippen molar-refractivity contribution in [1.82, 2.24) is 14.9 Å². The zero-order valence-corrected chi connectivity index (χ0v) is 15.8. The Morgan fingerprint density at radius 2 is 2.04 bits per heavy atom. The van der Waals surface area contributed by atoms with Gasteiger partial charge in [-0.3, -0.25) is 4.79 Å². The number of nitrogens with zero attached hydrogens (tertiary/aromatic N) is 3. The van der Waals surface area contributed by atoms with E-state index in [9.17, 15) is 9.18 Å². The third-order valence-electron chi connectivity index (χ3n) is 4.18. The van der Waals surface area contributed by atoms with Crippen LogP contribution >= 0.6 is 23.4 Å². The van der Waals surface area contributed by atoms with E-state index in [0.717, 1.165) is 5.56 Å². The summed E-state index contributed by atoms with van der Waals surface area (Å²) in [6, 6.07) is 12.6. The van der Waals surface area contributed by atoms with Gasteiger partial charge in [0.25, 0.3) is 0 Å². The highest BCUT2D eigenvalue weighted by Gasteiger charge is 2.37. The molecule has 0 fully saturated rings. The zero-order valence-electron chi connectivity index (χ0n) is 14.2. The average molecular weight is 404 g/mol. The van der Waals surface area contributed by atoms with Gasteiger partial charge >= 0.3 is 0 Å². The fourth-order valence-corrected chi connectivity index (χ4v) is 4.18. The lowest BCUT2D eigenvalue weighted by molar-refractivity contribution is -0.116. The molecule has 2 unspecified atom stereocenters. The molecule has 2 heterocycles. The Balaban J connectivity index is 1.66. The SMILES string of the molecule is Cc1nnc2n1NC(c1ccc(F)cc1)C(C(=O)Nc1cccc(Cl)c1)S2. The van der Waals surface area contributed by atoms with Gasteiger partial charge in [-0.2, -0.15) is 0 Å². The summed E-state index contributed by atoms with van der Waals surface area (Å²) in [6.45, 7) is 1.82. The summed E-state index contributed by atoms with van der Waals surface area (Å²) in [5, 5.41) is 11.6. The number of hydrogen-bond acceptors (Lipinski definition) is 5. The highest BCUT2D eigenvalue weighted by molar-refractivity contribution is 8.00. The van der Waals surface area contributed by atoms with Gasteiger partial charge in [-0.15, -0.1) is 10.2 Å². The first-order valence-electron chi connectivity index (χ1n) is 8.18. The number of hydrogen-bond donors (Lipinski definition) is 2. The van der Waals surface area contributed by atoms with Crippen molar-refractivity contribution in [3.05, 3.63) is 70.8 Å². The van der Waals surface area contributed by atoms with E-state index in [1.807, 2.05) is 6.92 Å². The molecular weight excluding hydrogens is 389 g/mol. The molecule has 0 aliphatic carbocycles. The molecule has 0 saturated heterocycles. The molecule has 9 heteroatoms. The lowest BCUT2D eigenvalue weighted by Crippen LogP contribution is -2.41. The molecule has 0 saturated carbocycles. The molecule has 2 atom stereocenters. The van der Waals surface area contributed by atoms with E-state index in [1.165, 1.54) is 23.9 Å². The van der Waals surface area contributed by atoms with Crippen molar-refractivity contribution in [3.63, 3.8) is 0 Å². The number of carbonyl (C=O) groups excluding carboxylic acids is 1. The van der Waals surface area contributed by atoms with E-state index in [2.05, 4.69) is 20.9 Å². The summed E-state index contributed by atoms with van der Waals surface area (Å²) >= 11 is 7.30. The lowest BCUT2D eigenvalue weighted by atomic mass is 10.0. The molecule has 1 aliphatic rings. The van der Waals surface area contributed by atoms with Crippen LogP contribution in [0.3, 0.4) is 0 Å². The van der Waals surface area contributed by atoms with Crippen molar-refractivity contribution in [2.45, 2.75) is 23.4 Å². The smallest absolute Gasteiger partial charge is 0.240 e. The fraction of sp³-hybridized carbons (Fsp3) is 0.167. The summed E-state index contributed by atoms with van der Waals surface area (Å²) in [5.41, 5.74) is 4.66. The third-order valence-corrected chi connectivity index (χ3v) is 5.63. The Morgan fingerprint density at radius 3 is 2.78 bits per heavy atom. The first-order chi connectivity index (χ1) is 13.0. The quantitative estimate of drug-likeness (QED) is 0.696. The second-order valence-corrected chi connectivity index (χ2v) is 7.61. The summed E-state index contributed by atoms with van der Waals surface area (Å²) < 4.78 is 15.1. The first-order valence-corrected chi connectivity index (χ1v) is 9.44. The van der Waals surface area contributed by atoms with Crippen LogP contribution in [0.1, 0.15) is 17.4 Å². The van der Waals surface area contributed by atoms with Crippen LogP contribution in [0.25, 0.3) is 0 Å². The lowest BCUT2D eigenvalue weighted by Gasteiger charge is -2.32. The minimum Gasteiger partial charge on any atom is -0.325 e. The number of anilines is 1. The van der Waals surface area contributed by atoms with Crippen LogP contribution in [-0.4, -0.2) is 26.0 Å². The number of benzene rings is 2. The van der Waals surface area contributed by atoms with Crippen LogP contribution in [-0.2, 0) is 4.79 Å². The number of nitrogens with one attached hydrogen (secondary N) is 2. The molecule has 138 valence electrons. The average Bonchev–Trinajstić information content (AvgIpc) is 3.02. The van der Waals surface area contributed by atoms with Gasteiger partial charge in [-0.05, 0) is 42.8 Å². The molecule has 2 aromatic carbocycles. The number of halogens is 2. The maximum absolute atomic E-state index is 13.3. The molecule has 1 aromatic heterocycles. The molecule has 27 heavy (non-hydrogen) atoms. The topological polar surface area (TPSA) is 71.8 Å². The molecule has 0 bridgehead atoms. The second-order valence-electron chi connectivity index (χ2n) is 6.06. The number of aromatic nitrogens is 3. The minimum absolute atomic E-state index is 0.212. The predicted molar refractivity (Wildman–Crippen MR) is 103 cm³/mol. The molecule has 1 aliphatic heterocycles. The minimum atomic E-state index is -0.537. The van der Waals surface area contributed by atoms with Crippen molar-refractivity contribution < 1.29 is 9.18 Å². The normalized spacial score (nSPS) is 18.5. The molecular formula is C18H15ClFN5OS. The van der Waals surface area contributed by atoms with Crippen LogP contribution < -0.4 is 10.7 Å². The van der Waals surface area contributed by atoms with E-state index >= 15 is 0 Å². The van der Waals surface area contributed by atoms with Gasteiger partial charge in [0.05, 0.1) is 6.04 Å². The number of carbonyl (C=O) groups is 1. The van der Waals surface area contributed by atoms with Crippen LogP contribution in [0.5, 0.6) is 0 Å². The van der Waals surface area contributed by atoms with Gasteiger partial charge in [0, 0.05) is 10.7 Å². The van der Waals surface area contributed by atoms with Crippen molar-refractivity contribution in [2.75, 3.05) is 10.7 Å². The number of thioether (sulfide) groups is 1. The maximum atomic E-state index is 13.3. The van der Waals surface area contributed by atoms with Crippen LogP contribution in [0, 0.1) is 12.7 Å². The first kappa shape index (κ1) is 17.8. The van der Waals surface area contributed by atoms with Gasteiger partial charge in [0.1, 0.15) is 16.9 Å². The van der Waals surface area contributed by atoms with E-state index < -0.39 is 11.3 Å². The van der Waals surface area contributed by atoms with E-state index in [0.29, 0.717) is 21.7 Å². The van der Waals surface area contributed by atoms with E-state index in [1.54, 1.807) is 41.1 Å². The molecule has 0 spiro atoms. The number of aryl methyl sites for hydroxylation is 1. The monoisotopic (exact) mass is 403 g/mol. The molecule has 1 amide bonds. The Labute approximate surface area is 164 Å². The highest BCUT2D eigenvalue weighted by Crippen LogP contribution is 2.37. The standard InChI is InChI=1S/C18H15ClFN5OS/c1-10-22-23-18-25(10)24-15(11-5-7-13(20)8-6-11)16(27-18)17(26)21-14-4-2-3-12(19)9-14/h2-9,15-16,24H,1H3,(H,21,26). The third kappa shape index (κ3) is 3.63. The predicted octanol–water partition coefficient (Wildman–Crippen LogP) is 3.78. The summed E-state index contributed by atoms with van der Waals surface area (Å²) in [4.78, 5) is 13.0. The Hall–Kier alpha value is -2.58. The van der Waals surface area contributed by atoms with Crippen molar-refractivity contribution >= 4 is 35.0 Å². The van der Waals surface area contributed by atoms with Crippen molar-refractivity contribution in [1.29, 1.82) is 0 Å². The molecule has 0 radical (unpaired) electrons. The Morgan fingerprint density at radius 1 is 1.26 bits per heavy atom. The zero-order chi connectivity index (χ0) is 19.0. The van der Waals surface area contributed by atoms with Gasteiger partial charge in [0.2, 0.25) is 11.1 Å². The van der Waals surface area contributed by atoms with E-state index in [-0.39, 0.29) is 11.7 Å².